The van der Waals surface area contributed by atoms with E-state index in [-0.39, 0.29) is 36.6 Å². The van der Waals surface area contributed by atoms with Crippen molar-refractivity contribution in [3.63, 3.8) is 0 Å². The molecule has 0 spiro atoms. The molecule has 23 heavy (non-hydrogen) atoms. The first-order valence-corrected chi connectivity index (χ1v) is 7.28. The molecule has 1 aliphatic heterocycles. The summed E-state index contributed by atoms with van der Waals surface area (Å²) in [5, 5.41) is 2.08. The number of halogens is 5. The highest BCUT2D eigenvalue weighted by Gasteiger charge is 2.33. The number of benzene rings is 1. The van der Waals surface area contributed by atoms with Crippen molar-refractivity contribution in [2.75, 3.05) is 25.0 Å². The lowest BCUT2D eigenvalue weighted by Crippen LogP contribution is -2.43. The summed E-state index contributed by atoms with van der Waals surface area (Å²) < 4.78 is 38.3. The van der Waals surface area contributed by atoms with E-state index in [1.54, 1.807) is 0 Å². The van der Waals surface area contributed by atoms with Crippen molar-refractivity contribution in [2.45, 2.75) is 25.1 Å². The minimum absolute atomic E-state index is 0. The number of rotatable bonds is 3. The van der Waals surface area contributed by atoms with Gasteiger partial charge in [0.2, 0.25) is 5.91 Å². The van der Waals surface area contributed by atoms with E-state index in [2.05, 4.69) is 5.32 Å². The number of piperidine rings is 1. The second-order valence-corrected chi connectivity index (χ2v) is 5.76. The third kappa shape index (κ3) is 5.84. The number of amides is 1. The van der Waals surface area contributed by atoms with Crippen LogP contribution in [0, 0.1) is 0 Å². The number of alkyl halides is 3. The number of nitrogens with one attached hydrogen (secondary N) is 1. The van der Waals surface area contributed by atoms with Gasteiger partial charge in [0.15, 0.2) is 0 Å². The number of hydrogen-bond donors (Lipinski definition) is 2. The van der Waals surface area contributed by atoms with Gasteiger partial charge in [0, 0.05) is 24.8 Å². The molecule has 3 N–H and O–H groups in total. The van der Waals surface area contributed by atoms with Gasteiger partial charge in [0.05, 0.1) is 17.1 Å². The maximum absolute atomic E-state index is 12.8. The normalized spacial score (nSPS) is 16.7. The predicted octanol–water partition coefficient (Wildman–Crippen LogP) is 3.14. The summed E-state index contributed by atoms with van der Waals surface area (Å²) in [5.74, 6) is -0.356. The lowest BCUT2D eigenvalue weighted by Gasteiger charge is -2.29. The highest BCUT2D eigenvalue weighted by molar-refractivity contribution is 6.31. The Balaban J connectivity index is 0.00000264. The van der Waals surface area contributed by atoms with Crippen molar-refractivity contribution in [1.82, 2.24) is 4.90 Å². The van der Waals surface area contributed by atoms with Gasteiger partial charge >= 0.3 is 6.18 Å². The molecule has 0 radical (unpaired) electrons. The van der Waals surface area contributed by atoms with Gasteiger partial charge < -0.3 is 11.1 Å². The molecule has 0 aromatic heterocycles. The largest absolute Gasteiger partial charge is 0.417 e. The molecule has 1 amide bonds. The van der Waals surface area contributed by atoms with Crippen LogP contribution in [0.3, 0.4) is 0 Å². The molecule has 4 nitrogen and oxygen atoms in total. The molecule has 0 aliphatic carbocycles. The van der Waals surface area contributed by atoms with E-state index in [0.29, 0.717) is 13.1 Å². The third-order valence-corrected chi connectivity index (χ3v) is 3.88. The van der Waals surface area contributed by atoms with Crippen LogP contribution in [0.15, 0.2) is 18.2 Å². The van der Waals surface area contributed by atoms with Gasteiger partial charge in [-0.25, -0.2) is 0 Å². The van der Waals surface area contributed by atoms with Gasteiger partial charge in [-0.2, -0.15) is 13.2 Å². The SMILES string of the molecule is Cl.NC1CCN(CC(=O)Nc2ccc(Cl)c(C(F)(F)F)c2)CC1. The summed E-state index contributed by atoms with van der Waals surface area (Å²) in [6.45, 7) is 1.56. The van der Waals surface area contributed by atoms with Crippen molar-refractivity contribution in [2.24, 2.45) is 5.73 Å². The maximum Gasteiger partial charge on any atom is 0.417 e. The van der Waals surface area contributed by atoms with E-state index in [0.717, 1.165) is 25.0 Å². The fraction of sp³-hybridized carbons (Fsp3) is 0.500. The Morgan fingerprint density at radius 1 is 1.35 bits per heavy atom. The van der Waals surface area contributed by atoms with Crippen LogP contribution < -0.4 is 11.1 Å². The Kier molecular flexibility index (Phi) is 7.13. The first-order valence-electron chi connectivity index (χ1n) is 6.90. The van der Waals surface area contributed by atoms with Crippen molar-refractivity contribution >= 4 is 35.6 Å². The van der Waals surface area contributed by atoms with Gasteiger partial charge in [-0.3, -0.25) is 9.69 Å². The Morgan fingerprint density at radius 3 is 2.52 bits per heavy atom. The number of nitrogens with two attached hydrogens (primary N) is 1. The van der Waals surface area contributed by atoms with E-state index in [4.69, 9.17) is 17.3 Å². The molecule has 9 heteroatoms. The second kappa shape index (κ2) is 8.19. The van der Waals surface area contributed by atoms with E-state index in [1.165, 1.54) is 6.07 Å². The van der Waals surface area contributed by atoms with Crippen LogP contribution >= 0.6 is 24.0 Å². The van der Waals surface area contributed by atoms with Gasteiger partial charge in [-0.15, -0.1) is 12.4 Å². The number of anilines is 1. The standard InChI is InChI=1S/C14H17ClF3N3O.ClH/c15-12-2-1-10(7-11(12)14(16,17)18)20-13(22)8-21-5-3-9(19)4-6-21;/h1-2,7,9H,3-6,8,19H2,(H,20,22);1H. The predicted molar refractivity (Wildman–Crippen MR) is 86.0 cm³/mol. The highest BCUT2D eigenvalue weighted by Crippen LogP contribution is 2.36. The monoisotopic (exact) mass is 371 g/mol. The average Bonchev–Trinajstić information content (AvgIpc) is 2.42. The van der Waals surface area contributed by atoms with E-state index >= 15 is 0 Å². The first-order chi connectivity index (χ1) is 10.3. The average molecular weight is 372 g/mol. The fourth-order valence-electron chi connectivity index (χ4n) is 2.33. The van der Waals surface area contributed by atoms with Gasteiger partial charge in [-0.1, -0.05) is 11.6 Å². The number of nitrogens with zero attached hydrogens (tertiary/aromatic N) is 1. The van der Waals surface area contributed by atoms with Crippen LogP contribution in [0.5, 0.6) is 0 Å². The summed E-state index contributed by atoms with van der Waals surface area (Å²) in [5.41, 5.74) is 4.89. The van der Waals surface area contributed by atoms with Gasteiger partial charge in [-0.05, 0) is 31.0 Å². The minimum atomic E-state index is -4.55. The topological polar surface area (TPSA) is 58.4 Å². The summed E-state index contributed by atoms with van der Waals surface area (Å²) in [4.78, 5) is 13.8. The molecular weight excluding hydrogens is 354 g/mol. The molecule has 1 aromatic rings. The number of likely N-dealkylation sites (tertiary alicyclic amines) is 1. The Bertz CT molecular complexity index is 547. The first kappa shape index (κ1) is 20.0. The van der Waals surface area contributed by atoms with Crippen LogP contribution in [-0.2, 0) is 11.0 Å². The zero-order chi connectivity index (χ0) is 16.3. The lowest BCUT2D eigenvalue weighted by molar-refractivity contribution is -0.137. The van der Waals surface area contributed by atoms with Crippen LogP contribution in [0.4, 0.5) is 18.9 Å². The van der Waals surface area contributed by atoms with E-state index in [9.17, 15) is 18.0 Å². The summed E-state index contributed by atoms with van der Waals surface area (Å²) >= 11 is 5.53. The second-order valence-electron chi connectivity index (χ2n) is 5.35. The smallest absolute Gasteiger partial charge is 0.328 e. The van der Waals surface area contributed by atoms with Crippen molar-refractivity contribution in [3.8, 4) is 0 Å². The van der Waals surface area contributed by atoms with E-state index in [1.807, 2.05) is 4.90 Å². The van der Waals surface area contributed by atoms with Crippen molar-refractivity contribution in [3.05, 3.63) is 28.8 Å². The summed E-state index contributed by atoms with van der Waals surface area (Å²) in [7, 11) is 0. The molecule has 0 unspecified atom stereocenters. The molecule has 1 aliphatic rings. The van der Waals surface area contributed by atoms with Crippen molar-refractivity contribution in [1.29, 1.82) is 0 Å². The summed E-state index contributed by atoms with van der Waals surface area (Å²) in [6.07, 6.45) is -2.93. The zero-order valence-corrected chi connectivity index (χ0v) is 13.8. The Morgan fingerprint density at radius 2 is 1.96 bits per heavy atom. The van der Waals surface area contributed by atoms with E-state index < -0.39 is 16.8 Å². The third-order valence-electron chi connectivity index (χ3n) is 3.55. The van der Waals surface area contributed by atoms with Gasteiger partial charge in [0.25, 0.3) is 0 Å². The van der Waals surface area contributed by atoms with Crippen LogP contribution in [-0.4, -0.2) is 36.5 Å². The number of hydrogen-bond acceptors (Lipinski definition) is 3. The molecule has 0 atom stereocenters. The Hall–Kier alpha value is -1.02. The Labute approximate surface area is 143 Å². The molecule has 130 valence electrons. The minimum Gasteiger partial charge on any atom is -0.328 e. The van der Waals surface area contributed by atoms with Crippen molar-refractivity contribution < 1.29 is 18.0 Å². The van der Waals surface area contributed by atoms with Gasteiger partial charge in [0.1, 0.15) is 0 Å². The summed E-state index contributed by atoms with van der Waals surface area (Å²) in [6, 6.07) is 3.47. The molecule has 1 heterocycles. The molecule has 1 aromatic carbocycles. The fourth-order valence-corrected chi connectivity index (χ4v) is 2.56. The molecule has 0 bridgehead atoms. The molecule has 2 rings (SSSR count). The number of carbonyl (C=O) groups is 1. The lowest BCUT2D eigenvalue weighted by atomic mass is 10.1. The van der Waals surface area contributed by atoms with Crippen LogP contribution in [0.2, 0.25) is 5.02 Å². The molecule has 1 saturated heterocycles. The van der Waals surface area contributed by atoms with Crippen LogP contribution in [0.25, 0.3) is 0 Å². The molecular formula is C14H18Cl2F3N3O. The van der Waals surface area contributed by atoms with Crippen LogP contribution in [0.1, 0.15) is 18.4 Å². The zero-order valence-electron chi connectivity index (χ0n) is 12.2. The maximum atomic E-state index is 12.8. The quantitative estimate of drug-likeness (QED) is 0.857. The molecule has 0 saturated carbocycles. The number of carbonyl (C=O) groups excluding carboxylic acids is 1. The highest BCUT2D eigenvalue weighted by atomic mass is 35.5. The molecule has 1 fully saturated rings.